The first-order valence-electron chi connectivity index (χ1n) is 8.02. The van der Waals surface area contributed by atoms with Crippen LogP contribution in [0.15, 0.2) is 24.3 Å². The summed E-state index contributed by atoms with van der Waals surface area (Å²) in [5.74, 6) is 0.450. The van der Waals surface area contributed by atoms with Crippen LogP contribution in [0, 0.1) is 5.82 Å². The molecule has 2 aliphatic rings. The number of hydrogen-bond donors (Lipinski definition) is 1. The topological polar surface area (TPSA) is 24.5 Å². The molecule has 1 N–H and O–H groups in total. The first-order valence-corrected chi connectivity index (χ1v) is 8.02. The molecular weight excluding hydrogens is 267 g/mol. The number of hydrogen-bond acceptors (Lipinski definition) is 3. The molecule has 0 spiro atoms. The van der Waals surface area contributed by atoms with Gasteiger partial charge in [-0.1, -0.05) is 12.1 Å². The van der Waals surface area contributed by atoms with Crippen molar-refractivity contribution in [3.63, 3.8) is 0 Å². The van der Waals surface area contributed by atoms with Crippen molar-refractivity contribution in [1.82, 2.24) is 10.2 Å². The van der Waals surface area contributed by atoms with Gasteiger partial charge >= 0.3 is 0 Å². The van der Waals surface area contributed by atoms with Crippen molar-refractivity contribution < 1.29 is 9.13 Å². The van der Waals surface area contributed by atoms with Gasteiger partial charge in [0.1, 0.15) is 5.82 Å². The van der Waals surface area contributed by atoms with Crippen LogP contribution < -0.4 is 5.32 Å². The molecule has 1 saturated heterocycles. The van der Waals surface area contributed by atoms with Gasteiger partial charge in [-0.3, -0.25) is 4.90 Å². The SMILES string of the molecule is CC(CN1CCOCC1)NC1CC(c2ccc(F)cc2)C1. The third-order valence-corrected chi connectivity index (χ3v) is 4.64. The highest BCUT2D eigenvalue weighted by Crippen LogP contribution is 2.37. The van der Waals surface area contributed by atoms with Crippen molar-refractivity contribution in [1.29, 1.82) is 0 Å². The lowest BCUT2D eigenvalue weighted by Gasteiger charge is -2.39. The van der Waals surface area contributed by atoms with Crippen LogP contribution in [0.3, 0.4) is 0 Å². The first-order chi connectivity index (χ1) is 10.2. The van der Waals surface area contributed by atoms with Gasteiger partial charge in [-0.2, -0.15) is 0 Å². The molecule has 0 bridgehead atoms. The predicted octanol–water partition coefficient (Wildman–Crippen LogP) is 2.38. The van der Waals surface area contributed by atoms with Crippen LogP contribution in [0.4, 0.5) is 4.39 Å². The zero-order valence-electron chi connectivity index (χ0n) is 12.7. The minimum absolute atomic E-state index is 0.146. The summed E-state index contributed by atoms with van der Waals surface area (Å²) in [7, 11) is 0. The van der Waals surface area contributed by atoms with E-state index in [0.29, 0.717) is 18.0 Å². The van der Waals surface area contributed by atoms with Gasteiger partial charge < -0.3 is 10.1 Å². The molecule has 1 heterocycles. The molecule has 21 heavy (non-hydrogen) atoms. The van der Waals surface area contributed by atoms with E-state index in [1.165, 1.54) is 18.4 Å². The summed E-state index contributed by atoms with van der Waals surface area (Å²) in [5, 5.41) is 3.72. The average Bonchev–Trinajstić information content (AvgIpc) is 2.45. The fraction of sp³-hybridized carbons (Fsp3) is 0.647. The fourth-order valence-electron chi connectivity index (χ4n) is 3.39. The van der Waals surface area contributed by atoms with E-state index < -0.39 is 0 Å². The van der Waals surface area contributed by atoms with E-state index in [4.69, 9.17) is 4.74 Å². The Morgan fingerprint density at radius 1 is 1.24 bits per heavy atom. The van der Waals surface area contributed by atoms with Crippen LogP contribution in [0.1, 0.15) is 31.2 Å². The van der Waals surface area contributed by atoms with Gasteiger partial charge in [-0.15, -0.1) is 0 Å². The molecule has 3 rings (SSSR count). The van der Waals surface area contributed by atoms with Crippen molar-refractivity contribution in [3.05, 3.63) is 35.6 Å². The lowest BCUT2D eigenvalue weighted by Crippen LogP contribution is -2.50. The van der Waals surface area contributed by atoms with Gasteiger partial charge in [0.2, 0.25) is 0 Å². The lowest BCUT2D eigenvalue weighted by atomic mass is 9.75. The molecular formula is C17H25FN2O. The third-order valence-electron chi connectivity index (χ3n) is 4.64. The summed E-state index contributed by atoms with van der Waals surface area (Å²) in [6, 6.07) is 8.10. The summed E-state index contributed by atoms with van der Waals surface area (Å²) in [6.45, 7) is 7.19. The summed E-state index contributed by atoms with van der Waals surface area (Å²) < 4.78 is 18.3. The summed E-state index contributed by atoms with van der Waals surface area (Å²) in [4.78, 5) is 2.47. The summed E-state index contributed by atoms with van der Waals surface area (Å²) >= 11 is 0. The first kappa shape index (κ1) is 14.9. The molecule has 2 fully saturated rings. The molecule has 4 heteroatoms. The molecule has 1 aromatic rings. The number of rotatable bonds is 5. The van der Waals surface area contributed by atoms with Gasteiger partial charge in [-0.25, -0.2) is 4.39 Å². The zero-order chi connectivity index (χ0) is 14.7. The molecule has 0 amide bonds. The highest BCUT2D eigenvalue weighted by Gasteiger charge is 2.31. The Bertz CT molecular complexity index is 439. The zero-order valence-corrected chi connectivity index (χ0v) is 12.7. The Hall–Kier alpha value is -0.970. The van der Waals surface area contributed by atoms with Crippen LogP contribution in [-0.2, 0) is 4.74 Å². The van der Waals surface area contributed by atoms with Crippen LogP contribution >= 0.6 is 0 Å². The normalized spacial score (nSPS) is 28.1. The van der Waals surface area contributed by atoms with E-state index in [0.717, 1.165) is 32.8 Å². The number of halogens is 1. The van der Waals surface area contributed by atoms with E-state index in [9.17, 15) is 4.39 Å². The van der Waals surface area contributed by atoms with Crippen molar-refractivity contribution in [2.24, 2.45) is 0 Å². The van der Waals surface area contributed by atoms with E-state index in [1.54, 1.807) is 12.1 Å². The molecule has 1 saturated carbocycles. The highest BCUT2D eigenvalue weighted by atomic mass is 19.1. The number of ether oxygens (including phenoxy) is 1. The van der Waals surface area contributed by atoms with Crippen LogP contribution in [0.25, 0.3) is 0 Å². The van der Waals surface area contributed by atoms with Gasteiger partial charge in [0.15, 0.2) is 0 Å². The van der Waals surface area contributed by atoms with Crippen molar-refractivity contribution in [2.75, 3.05) is 32.8 Å². The van der Waals surface area contributed by atoms with Crippen molar-refractivity contribution in [3.8, 4) is 0 Å². The van der Waals surface area contributed by atoms with Crippen molar-refractivity contribution >= 4 is 0 Å². The maximum Gasteiger partial charge on any atom is 0.123 e. The van der Waals surface area contributed by atoms with Gasteiger partial charge in [0.25, 0.3) is 0 Å². The second kappa shape index (κ2) is 6.86. The van der Waals surface area contributed by atoms with Gasteiger partial charge in [-0.05, 0) is 43.4 Å². The third kappa shape index (κ3) is 4.02. The largest absolute Gasteiger partial charge is 0.379 e. The molecule has 0 radical (unpaired) electrons. The molecule has 3 nitrogen and oxygen atoms in total. The maximum absolute atomic E-state index is 12.9. The van der Waals surface area contributed by atoms with E-state index in [-0.39, 0.29) is 5.82 Å². The second-order valence-electron chi connectivity index (χ2n) is 6.40. The van der Waals surface area contributed by atoms with Gasteiger partial charge in [0.05, 0.1) is 13.2 Å². The summed E-state index contributed by atoms with van der Waals surface area (Å²) in [5.41, 5.74) is 1.27. The number of morpholine rings is 1. The smallest absolute Gasteiger partial charge is 0.123 e. The number of nitrogens with zero attached hydrogens (tertiary/aromatic N) is 1. The van der Waals surface area contributed by atoms with E-state index in [1.807, 2.05) is 12.1 Å². The van der Waals surface area contributed by atoms with Gasteiger partial charge in [0, 0.05) is 31.7 Å². The minimum Gasteiger partial charge on any atom is -0.379 e. The Morgan fingerprint density at radius 2 is 1.90 bits per heavy atom. The molecule has 1 aliphatic carbocycles. The summed E-state index contributed by atoms with van der Waals surface area (Å²) in [6.07, 6.45) is 2.33. The molecule has 1 atom stereocenters. The second-order valence-corrected chi connectivity index (χ2v) is 6.40. The monoisotopic (exact) mass is 292 g/mol. The maximum atomic E-state index is 12.9. The molecule has 1 aliphatic heterocycles. The van der Waals surface area contributed by atoms with Crippen molar-refractivity contribution in [2.45, 2.75) is 37.8 Å². The van der Waals surface area contributed by atoms with Crippen LogP contribution in [0.5, 0.6) is 0 Å². The minimum atomic E-state index is -0.146. The standard InChI is InChI=1S/C17H25FN2O/c1-13(12-20-6-8-21-9-7-20)19-17-10-15(11-17)14-2-4-16(18)5-3-14/h2-5,13,15,17,19H,6-12H2,1H3. The molecule has 116 valence electrons. The quantitative estimate of drug-likeness (QED) is 0.902. The van der Waals surface area contributed by atoms with E-state index >= 15 is 0 Å². The Morgan fingerprint density at radius 3 is 2.57 bits per heavy atom. The fourth-order valence-corrected chi connectivity index (χ4v) is 3.39. The lowest BCUT2D eigenvalue weighted by molar-refractivity contribution is 0.0330. The number of benzene rings is 1. The van der Waals surface area contributed by atoms with Crippen LogP contribution in [-0.4, -0.2) is 49.8 Å². The number of nitrogens with one attached hydrogen (secondary N) is 1. The highest BCUT2D eigenvalue weighted by molar-refractivity contribution is 5.23. The van der Waals surface area contributed by atoms with Crippen LogP contribution in [0.2, 0.25) is 0 Å². The Kier molecular flexibility index (Phi) is 4.88. The predicted molar refractivity (Wildman–Crippen MR) is 82.0 cm³/mol. The Labute approximate surface area is 126 Å². The Balaban J connectivity index is 1.38. The molecule has 1 unspecified atom stereocenters. The molecule has 1 aromatic carbocycles. The van der Waals surface area contributed by atoms with E-state index in [2.05, 4.69) is 17.1 Å². The molecule has 0 aromatic heterocycles. The average molecular weight is 292 g/mol.